The molecule has 0 aliphatic rings. The molecule has 0 aliphatic heterocycles. The lowest BCUT2D eigenvalue weighted by Crippen LogP contribution is -1.78. The summed E-state index contributed by atoms with van der Waals surface area (Å²) in [5.41, 5.74) is 0. The molecular formula is C7H10OS2. The molecule has 3 heteroatoms. The van der Waals surface area contributed by atoms with Crippen LogP contribution >= 0.6 is 24.4 Å². The number of thioether (sulfide) groups is 1. The van der Waals surface area contributed by atoms with E-state index in [-0.39, 0.29) is 5.12 Å². The molecule has 0 atom stereocenters. The van der Waals surface area contributed by atoms with Crippen LogP contribution in [0, 0.1) is 0 Å². The topological polar surface area (TPSA) is 17.1 Å². The molecule has 0 N–H and O–H groups in total. The molecule has 0 aromatic rings. The molecule has 0 radical (unpaired) electrons. The molecule has 0 rings (SSSR count). The number of thiol groups is 1. The van der Waals surface area contributed by atoms with Crippen LogP contribution in [0.25, 0.3) is 0 Å². The summed E-state index contributed by atoms with van der Waals surface area (Å²) in [7, 11) is 0. The van der Waals surface area contributed by atoms with Crippen LogP contribution in [0.2, 0.25) is 0 Å². The molecule has 56 valence electrons. The van der Waals surface area contributed by atoms with Crippen molar-refractivity contribution in [3.05, 3.63) is 24.1 Å². The lowest BCUT2D eigenvalue weighted by Gasteiger charge is -1.84. The Hall–Kier alpha value is -0.150. The smallest absolute Gasteiger partial charge is 0.189 e. The average molecular weight is 174 g/mol. The van der Waals surface area contributed by atoms with Crippen molar-refractivity contribution in [2.75, 3.05) is 5.75 Å². The Balaban J connectivity index is 3.20. The summed E-state index contributed by atoms with van der Waals surface area (Å²) in [6, 6.07) is 0. The molecule has 1 nitrogen and oxygen atoms in total. The maximum atomic E-state index is 10.3. The highest BCUT2D eigenvalue weighted by Gasteiger charge is 1.85. The molecule has 0 saturated carbocycles. The van der Waals surface area contributed by atoms with Gasteiger partial charge in [0.05, 0.1) is 0 Å². The molecule has 0 amide bonds. The van der Waals surface area contributed by atoms with Gasteiger partial charge in [-0.25, -0.2) is 0 Å². The van der Waals surface area contributed by atoms with Crippen LogP contribution in [0.3, 0.4) is 0 Å². The number of carbonyl (C=O) groups is 1. The monoisotopic (exact) mass is 174 g/mol. The molecule has 0 unspecified atom stereocenters. The highest BCUT2D eigenvalue weighted by Crippen LogP contribution is 2.02. The van der Waals surface area contributed by atoms with Crippen LogP contribution in [0.15, 0.2) is 24.1 Å². The van der Waals surface area contributed by atoms with E-state index in [9.17, 15) is 4.79 Å². The second-order valence-corrected chi connectivity index (χ2v) is 3.03. The van der Waals surface area contributed by atoms with E-state index in [0.29, 0.717) is 6.42 Å². The van der Waals surface area contributed by atoms with Gasteiger partial charge in [-0.15, -0.1) is 31.0 Å². The Morgan fingerprint density at radius 1 is 1.70 bits per heavy atom. The zero-order valence-electron chi connectivity index (χ0n) is 5.62. The predicted molar refractivity (Wildman–Crippen MR) is 50.4 cm³/mol. The van der Waals surface area contributed by atoms with Gasteiger partial charge in [0.15, 0.2) is 5.12 Å². The fraction of sp³-hybridized carbons (Fsp3) is 0.286. The first-order chi connectivity index (χ1) is 4.77. The van der Waals surface area contributed by atoms with Crippen LogP contribution in [-0.2, 0) is 4.79 Å². The summed E-state index contributed by atoms with van der Waals surface area (Å²) in [6.45, 7) is 3.56. The predicted octanol–water partition coefficient (Wildman–Crippen LogP) is 2.27. The van der Waals surface area contributed by atoms with Crippen molar-refractivity contribution < 1.29 is 4.79 Å². The summed E-state index contributed by atoms with van der Waals surface area (Å²) in [4.78, 5) is 10.3. The Labute approximate surface area is 71.0 Å². The minimum atomic E-state index is -0.101. The van der Waals surface area contributed by atoms with Gasteiger partial charge in [0, 0.05) is 12.2 Å². The van der Waals surface area contributed by atoms with Crippen LogP contribution in [0.1, 0.15) is 6.42 Å². The number of allylic oxidation sites excluding steroid dienone is 1. The standard InChI is InChI=1S/C7H10OS2/c1-2-5-10-6-3-4-7(8)9/h2-3,6H,1,4-5H2,(H,8,9). The molecule has 0 aliphatic carbocycles. The third-order valence-corrected chi connectivity index (χ3v) is 1.69. The van der Waals surface area contributed by atoms with E-state index in [4.69, 9.17) is 0 Å². The van der Waals surface area contributed by atoms with Crippen LogP contribution in [-0.4, -0.2) is 10.9 Å². The molecule has 0 bridgehead atoms. The second kappa shape index (κ2) is 6.96. The quantitative estimate of drug-likeness (QED) is 0.391. The van der Waals surface area contributed by atoms with E-state index in [1.807, 2.05) is 11.5 Å². The van der Waals surface area contributed by atoms with Gasteiger partial charge in [0.2, 0.25) is 0 Å². The Morgan fingerprint density at radius 2 is 2.40 bits per heavy atom. The van der Waals surface area contributed by atoms with Gasteiger partial charge in [-0.2, -0.15) is 0 Å². The highest BCUT2D eigenvalue weighted by atomic mass is 32.2. The maximum absolute atomic E-state index is 10.3. The van der Waals surface area contributed by atoms with Crippen molar-refractivity contribution in [3.63, 3.8) is 0 Å². The van der Waals surface area contributed by atoms with E-state index in [2.05, 4.69) is 19.2 Å². The Bertz CT molecular complexity index is 141. The van der Waals surface area contributed by atoms with Gasteiger partial charge in [-0.3, -0.25) is 4.79 Å². The lowest BCUT2D eigenvalue weighted by molar-refractivity contribution is -0.110. The van der Waals surface area contributed by atoms with Crippen LogP contribution in [0.5, 0.6) is 0 Å². The zero-order valence-corrected chi connectivity index (χ0v) is 7.33. The maximum Gasteiger partial charge on any atom is 0.189 e. The molecular weight excluding hydrogens is 164 g/mol. The van der Waals surface area contributed by atoms with Gasteiger partial charge in [0.1, 0.15) is 0 Å². The van der Waals surface area contributed by atoms with E-state index in [1.54, 1.807) is 17.8 Å². The molecule has 0 spiro atoms. The first-order valence-electron chi connectivity index (χ1n) is 2.86. The SMILES string of the molecule is C=CCSC=CCC(=O)S. The van der Waals surface area contributed by atoms with E-state index < -0.39 is 0 Å². The minimum Gasteiger partial charge on any atom is -0.287 e. The first-order valence-corrected chi connectivity index (χ1v) is 4.36. The van der Waals surface area contributed by atoms with Gasteiger partial charge >= 0.3 is 0 Å². The summed E-state index contributed by atoms with van der Waals surface area (Å²) < 4.78 is 0. The number of hydrogen-bond acceptors (Lipinski definition) is 2. The van der Waals surface area contributed by atoms with E-state index in [0.717, 1.165) is 5.75 Å². The van der Waals surface area contributed by atoms with Gasteiger partial charge in [-0.1, -0.05) is 12.2 Å². The van der Waals surface area contributed by atoms with E-state index >= 15 is 0 Å². The summed E-state index contributed by atoms with van der Waals surface area (Å²) >= 11 is 5.21. The molecule has 0 fully saturated rings. The van der Waals surface area contributed by atoms with Gasteiger partial charge in [0.25, 0.3) is 0 Å². The second-order valence-electron chi connectivity index (χ2n) is 1.59. The molecule has 0 aromatic carbocycles. The Morgan fingerprint density at radius 3 is 2.90 bits per heavy atom. The van der Waals surface area contributed by atoms with Crippen molar-refractivity contribution in [3.8, 4) is 0 Å². The molecule has 10 heavy (non-hydrogen) atoms. The summed E-state index contributed by atoms with van der Waals surface area (Å²) in [5, 5.41) is 1.78. The van der Waals surface area contributed by atoms with Crippen molar-refractivity contribution in [2.45, 2.75) is 6.42 Å². The summed E-state index contributed by atoms with van der Waals surface area (Å²) in [5.74, 6) is 0.886. The number of rotatable bonds is 5. The van der Waals surface area contributed by atoms with Crippen molar-refractivity contribution in [1.29, 1.82) is 0 Å². The number of hydrogen-bond donors (Lipinski definition) is 1. The molecule has 0 aromatic heterocycles. The fourth-order valence-electron chi connectivity index (χ4n) is 0.341. The zero-order chi connectivity index (χ0) is 7.82. The van der Waals surface area contributed by atoms with Crippen LogP contribution in [0.4, 0.5) is 0 Å². The van der Waals surface area contributed by atoms with Crippen molar-refractivity contribution >= 4 is 29.5 Å². The van der Waals surface area contributed by atoms with Gasteiger partial charge in [-0.05, 0) is 5.41 Å². The minimum absolute atomic E-state index is 0.101. The number of carbonyl (C=O) groups excluding carboxylic acids is 1. The third-order valence-electron chi connectivity index (χ3n) is 0.699. The van der Waals surface area contributed by atoms with Gasteiger partial charge < -0.3 is 0 Å². The average Bonchev–Trinajstić information content (AvgIpc) is 1.87. The third kappa shape index (κ3) is 7.85. The highest BCUT2D eigenvalue weighted by molar-refractivity contribution is 8.02. The summed E-state index contributed by atoms with van der Waals surface area (Å²) in [6.07, 6.45) is 4.02. The molecule has 0 saturated heterocycles. The normalized spacial score (nSPS) is 10.1. The van der Waals surface area contributed by atoms with Crippen molar-refractivity contribution in [2.24, 2.45) is 0 Å². The molecule has 0 heterocycles. The largest absolute Gasteiger partial charge is 0.287 e. The first kappa shape index (κ1) is 9.85. The fourth-order valence-corrected chi connectivity index (χ4v) is 0.925. The van der Waals surface area contributed by atoms with Crippen LogP contribution < -0.4 is 0 Å². The lowest BCUT2D eigenvalue weighted by atomic mass is 10.5. The van der Waals surface area contributed by atoms with Crippen molar-refractivity contribution in [1.82, 2.24) is 0 Å². The Kier molecular flexibility index (Phi) is 6.86. The van der Waals surface area contributed by atoms with E-state index in [1.165, 1.54) is 0 Å².